The van der Waals surface area contributed by atoms with Crippen LogP contribution >= 0.6 is 23.4 Å². The van der Waals surface area contributed by atoms with Gasteiger partial charge >= 0.3 is 0 Å². The first-order valence-electron chi connectivity index (χ1n) is 5.63. The van der Waals surface area contributed by atoms with Crippen LogP contribution in [0.4, 0.5) is 0 Å². The molecule has 100 valence electrons. The second-order valence-corrected chi connectivity index (χ2v) is 6.15. The Hall–Kier alpha value is -0.710. The molecular weight excluding hydrogens is 270 g/mol. The number of thioether (sulfide) groups is 1. The molecule has 0 unspecified atom stereocenters. The molecule has 0 spiro atoms. The normalized spacial score (nSPS) is 11.4. The first-order valence-corrected chi connectivity index (χ1v) is 6.99. The summed E-state index contributed by atoms with van der Waals surface area (Å²) in [4.78, 5) is 14.5. The molecule has 0 fully saturated rings. The largest absolute Gasteiger partial charge is 0.394 e. The maximum Gasteiger partial charge on any atom is 0.233 e. The predicted molar refractivity (Wildman–Crippen MR) is 76.1 cm³/mol. The van der Waals surface area contributed by atoms with Gasteiger partial charge in [-0.2, -0.15) is 0 Å². The molecule has 1 aromatic carbocycles. The number of aliphatic hydroxyl groups is 1. The number of rotatable bonds is 5. The van der Waals surface area contributed by atoms with Gasteiger partial charge in [0.05, 0.1) is 17.9 Å². The first kappa shape index (κ1) is 15.3. The zero-order chi connectivity index (χ0) is 13.8. The summed E-state index contributed by atoms with van der Waals surface area (Å²) >= 11 is 7.25. The Balaban J connectivity index is 2.53. The van der Waals surface area contributed by atoms with E-state index in [2.05, 4.69) is 0 Å². The zero-order valence-electron chi connectivity index (χ0n) is 10.8. The maximum atomic E-state index is 12.0. The van der Waals surface area contributed by atoms with Crippen molar-refractivity contribution in [2.45, 2.75) is 24.3 Å². The van der Waals surface area contributed by atoms with E-state index in [1.807, 2.05) is 26.0 Å². The molecule has 1 aromatic rings. The van der Waals surface area contributed by atoms with Crippen LogP contribution in [0.3, 0.4) is 0 Å². The molecule has 0 saturated heterocycles. The van der Waals surface area contributed by atoms with Crippen LogP contribution in [0.2, 0.25) is 5.02 Å². The van der Waals surface area contributed by atoms with E-state index in [9.17, 15) is 9.90 Å². The summed E-state index contributed by atoms with van der Waals surface area (Å²) in [5.74, 6) is 0.343. The summed E-state index contributed by atoms with van der Waals surface area (Å²) in [5.41, 5.74) is -0.530. The number of carbonyl (C=O) groups excluding carboxylic acids is 1. The lowest BCUT2D eigenvalue weighted by atomic mass is 10.1. The van der Waals surface area contributed by atoms with Gasteiger partial charge in [-0.05, 0) is 38.1 Å². The van der Waals surface area contributed by atoms with Crippen molar-refractivity contribution in [3.05, 3.63) is 29.3 Å². The minimum atomic E-state index is -0.530. The van der Waals surface area contributed by atoms with E-state index in [4.69, 9.17) is 11.6 Å². The Labute approximate surface area is 117 Å². The molecule has 0 aromatic heterocycles. The molecular formula is C13H18ClNO2S. The summed E-state index contributed by atoms with van der Waals surface area (Å²) in [6, 6.07) is 7.38. The Bertz CT molecular complexity index is 406. The van der Waals surface area contributed by atoms with Gasteiger partial charge in [0.2, 0.25) is 5.91 Å². The van der Waals surface area contributed by atoms with Crippen LogP contribution in [-0.4, -0.2) is 40.9 Å². The SMILES string of the molecule is CN(C(=O)CSc1ccc(Cl)cc1)C(C)(C)CO. The third kappa shape index (κ3) is 4.19. The molecule has 1 N–H and O–H groups in total. The molecule has 1 rings (SSSR count). The molecule has 1 amide bonds. The van der Waals surface area contributed by atoms with E-state index in [-0.39, 0.29) is 12.5 Å². The molecule has 3 nitrogen and oxygen atoms in total. The highest BCUT2D eigenvalue weighted by Crippen LogP contribution is 2.21. The van der Waals surface area contributed by atoms with Crippen molar-refractivity contribution >= 4 is 29.3 Å². The van der Waals surface area contributed by atoms with Gasteiger partial charge in [-0.25, -0.2) is 0 Å². The van der Waals surface area contributed by atoms with Gasteiger partial charge in [-0.3, -0.25) is 4.79 Å². The minimum Gasteiger partial charge on any atom is -0.394 e. The summed E-state index contributed by atoms with van der Waals surface area (Å²) in [6.07, 6.45) is 0. The van der Waals surface area contributed by atoms with Crippen molar-refractivity contribution in [3.63, 3.8) is 0 Å². The number of amides is 1. The number of nitrogens with zero attached hydrogens (tertiary/aromatic N) is 1. The Kier molecular flexibility index (Phi) is 5.50. The third-order valence-corrected chi connectivity index (χ3v) is 4.09. The summed E-state index contributed by atoms with van der Waals surface area (Å²) in [5, 5.41) is 9.90. The molecule has 0 atom stereocenters. The van der Waals surface area contributed by atoms with Crippen LogP contribution in [0.15, 0.2) is 29.2 Å². The van der Waals surface area contributed by atoms with E-state index in [0.29, 0.717) is 10.8 Å². The van der Waals surface area contributed by atoms with Crippen LogP contribution in [0.25, 0.3) is 0 Å². The van der Waals surface area contributed by atoms with Gasteiger partial charge in [-0.15, -0.1) is 11.8 Å². The van der Waals surface area contributed by atoms with Crippen LogP contribution in [0.5, 0.6) is 0 Å². The van der Waals surface area contributed by atoms with Crippen LogP contribution in [-0.2, 0) is 4.79 Å². The molecule has 0 aliphatic rings. The molecule has 0 heterocycles. The summed E-state index contributed by atoms with van der Waals surface area (Å²) in [7, 11) is 1.71. The zero-order valence-corrected chi connectivity index (χ0v) is 12.4. The monoisotopic (exact) mass is 287 g/mol. The smallest absolute Gasteiger partial charge is 0.233 e. The van der Waals surface area contributed by atoms with E-state index in [1.165, 1.54) is 11.8 Å². The van der Waals surface area contributed by atoms with Gasteiger partial charge < -0.3 is 10.0 Å². The van der Waals surface area contributed by atoms with Crippen molar-refractivity contribution in [1.29, 1.82) is 0 Å². The standard InChI is InChI=1S/C13H18ClNO2S/c1-13(2,9-16)15(3)12(17)8-18-11-6-4-10(14)5-7-11/h4-7,16H,8-9H2,1-3H3. The van der Waals surface area contributed by atoms with Gasteiger partial charge in [0.25, 0.3) is 0 Å². The van der Waals surface area contributed by atoms with Crippen molar-refractivity contribution in [3.8, 4) is 0 Å². The fourth-order valence-electron chi connectivity index (χ4n) is 1.22. The lowest BCUT2D eigenvalue weighted by Gasteiger charge is -2.33. The molecule has 5 heteroatoms. The summed E-state index contributed by atoms with van der Waals surface area (Å²) in [6.45, 7) is 3.61. The van der Waals surface area contributed by atoms with E-state index in [1.54, 1.807) is 24.1 Å². The second kappa shape index (κ2) is 6.45. The Morgan fingerprint density at radius 3 is 2.44 bits per heavy atom. The molecule has 18 heavy (non-hydrogen) atoms. The second-order valence-electron chi connectivity index (χ2n) is 4.67. The van der Waals surface area contributed by atoms with Crippen LogP contribution in [0.1, 0.15) is 13.8 Å². The quantitative estimate of drug-likeness (QED) is 0.847. The minimum absolute atomic E-state index is 0.00556. The van der Waals surface area contributed by atoms with Crippen molar-refractivity contribution in [2.75, 3.05) is 19.4 Å². The fourth-order valence-corrected chi connectivity index (χ4v) is 2.15. The average molecular weight is 288 g/mol. The number of hydrogen-bond donors (Lipinski definition) is 1. The number of halogens is 1. The lowest BCUT2D eigenvalue weighted by Crippen LogP contribution is -2.48. The highest BCUT2D eigenvalue weighted by molar-refractivity contribution is 8.00. The molecule has 0 saturated carbocycles. The first-order chi connectivity index (χ1) is 8.36. The third-order valence-electron chi connectivity index (χ3n) is 2.84. The van der Waals surface area contributed by atoms with Gasteiger partial charge in [0.15, 0.2) is 0 Å². The Morgan fingerprint density at radius 1 is 1.39 bits per heavy atom. The van der Waals surface area contributed by atoms with Gasteiger partial charge in [0.1, 0.15) is 0 Å². The molecule has 0 bridgehead atoms. The number of aliphatic hydroxyl groups excluding tert-OH is 1. The molecule has 0 aliphatic carbocycles. The number of likely N-dealkylation sites (N-methyl/N-ethyl adjacent to an activating group) is 1. The van der Waals surface area contributed by atoms with Crippen LogP contribution < -0.4 is 0 Å². The fraction of sp³-hybridized carbons (Fsp3) is 0.462. The Morgan fingerprint density at radius 2 is 1.94 bits per heavy atom. The highest BCUT2D eigenvalue weighted by atomic mass is 35.5. The number of hydrogen-bond acceptors (Lipinski definition) is 3. The van der Waals surface area contributed by atoms with Crippen molar-refractivity contribution in [2.24, 2.45) is 0 Å². The van der Waals surface area contributed by atoms with Crippen molar-refractivity contribution in [1.82, 2.24) is 4.90 Å². The summed E-state index contributed by atoms with van der Waals surface area (Å²) < 4.78 is 0. The average Bonchev–Trinajstić information content (AvgIpc) is 2.36. The van der Waals surface area contributed by atoms with E-state index < -0.39 is 5.54 Å². The molecule has 0 aliphatic heterocycles. The number of carbonyl (C=O) groups is 1. The number of benzene rings is 1. The van der Waals surface area contributed by atoms with E-state index >= 15 is 0 Å². The van der Waals surface area contributed by atoms with Crippen LogP contribution in [0, 0.1) is 0 Å². The van der Waals surface area contributed by atoms with Gasteiger partial charge in [-0.1, -0.05) is 11.6 Å². The highest BCUT2D eigenvalue weighted by Gasteiger charge is 2.26. The van der Waals surface area contributed by atoms with E-state index in [0.717, 1.165) is 4.90 Å². The maximum absolute atomic E-state index is 12.0. The molecule has 0 radical (unpaired) electrons. The lowest BCUT2D eigenvalue weighted by molar-refractivity contribution is -0.133. The predicted octanol–water partition coefficient (Wildman–Crippen LogP) is 2.66. The van der Waals surface area contributed by atoms with Gasteiger partial charge in [0, 0.05) is 17.0 Å². The topological polar surface area (TPSA) is 40.5 Å². The van der Waals surface area contributed by atoms with Crippen molar-refractivity contribution < 1.29 is 9.90 Å².